The van der Waals surface area contributed by atoms with E-state index in [9.17, 15) is 9.90 Å². The number of aliphatic hydroxyl groups is 1. The number of hydrogen-bond acceptors (Lipinski definition) is 4. The van der Waals surface area contributed by atoms with Crippen LogP contribution in [0.2, 0.25) is 0 Å². The Morgan fingerprint density at radius 2 is 2.26 bits per heavy atom. The van der Waals surface area contributed by atoms with Crippen molar-refractivity contribution in [3.63, 3.8) is 0 Å². The lowest BCUT2D eigenvalue weighted by molar-refractivity contribution is -0.122. The van der Waals surface area contributed by atoms with E-state index in [1.165, 1.54) is 0 Å². The zero-order valence-electron chi connectivity index (χ0n) is 12.0. The lowest BCUT2D eigenvalue weighted by Crippen LogP contribution is -2.43. The summed E-state index contributed by atoms with van der Waals surface area (Å²) in [6.07, 6.45) is 5.23. The van der Waals surface area contributed by atoms with Crippen LogP contribution in [-0.4, -0.2) is 42.9 Å². The van der Waals surface area contributed by atoms with Gasteiger partial charge in [0.2, 0.25) is 5.91 Å². The summed E-state index contributed by atoms with van der Waals surface area (Å²) in [5.41, 5.74) is 4.71. The Morgan fingerprint density at radius 1 is 1.47 bits per heavy atom. The maximum Gasteiger partial charge on any atom is 0.220 e. The normalized spacial score (nSPS) is 24.4. The second kappa shape index (κ2) is 8.51. The molecule has 0 radical (unpaired) electrons. The zero-order chi connectivity index (χ0) is 14.1. The van der Waals surface area contributed by atoms with E-state index in [0.29, 0.717) is 45.1 Å². The smallest absolute Gasteiger partial charge is 0.220 e. The lowest BCUT2D eigenvalue weighted by Gasteiger charge is -2.21. The Kier molecular flexibility index (Phi) is 7.34. The molecule has 0 aromatic heterocycles. The number of ether oxygens (including phenoxy) is 1. The first kappa shape index (κ1) is 16.4. The Morgan fingerprint density at radius 3 is 2.84 bits per heavy atom. The van der Waals surface area contributed by atoms with Gasteiger partial charge in [-0.3, -0.25) is 4.79 Å². The molecule has 1 fully saturated rings. The van der Waals surface area contributed by atoms with E-state index in [2.05, 4.69) is 12.2 Å². The van der Waals surface area contributed by atoms with Gasteiger partial charge in [0.15, 0.2) is 0 Å². The first-order valence-corrected chi connectivity index (χ1v) is 7.36. The van der Waals surface area contributed by atoms with E-state index in [0.717, 1.165) is 25.7 Å². The van der Waals surface area contributed by atoms with Gasteiger partial charge in [-0.2, -0.15) is 0 Å². The molecular weight excluding hydrogens is 244 g/mol. The average Bonchev–Trinajstić information content (AvgIpc) is 2.82. The van der Waals surface area contributed by atoms with Crippen molar-refractivity contribution < 1.29 is 14.6 Å². The molecule has 1 aliphatic heterocycles. The van der Waals surface area contributed by atoms with Gasteiger partial charge < -0.3 is 20.9 Å². The Labute approximate surface area is 115 Å². The average molecular weight is 272 g/mol. The predicted molar refractivity (Wildman–Crippen MR) is 74.7 cm³/mol. The third kappa shape index (κ3) is 6.36. The summed E-state index contributed by atoms with van der Waals surface area (Å²) in [7, 11) is 0. The molecule has 1 saturated heterocycles. The maximum atomic E-state index is 11.8. The molecule has 0 bridgehead atoms. The van der Waals surface area contributed by atoms with Crippen LogP contribution in [0.15, 0.2) is 0 Å². The summed E-state index contributed by atoms with van der Waals surface area (Å²) >= 11 is 0. The second-order valence-corrected chi connectivity index (χ2v) is 5.57. The van der Waals surface area contributed by atoms with Gasteiger partial charge in [-0.25, -0.2) is 0 Å². The van der Waals surface area contributed by atoms with Gasteiger partial charge in [0, 0.05) is 26.0 Å². The van der Waals surface area contributed by atoms with Crippen LogP contribution in [0.5, 0.6) is 0 Å². The van der Waals surface area contributed by atoms with E-state index in [-0.39, 0.29) is 5.91 Å². The van der Waals surface area contributed by atoms with Gasteiger partial charge in [0.1, 0.15) is 5.60 Å². The van der Waals surface area contributed by atoms with Crippen molar-refractivity contribution in [2.24, 2.45) is 11.7 Å². The molecule has 19 heavy (non-hydrogen) atoms. The molecule has 1 amide bonds. The lowest BCUT2D eigenvalue weighted by atomic mass is 9.94. The first-order chi connectivity index (χ1) is 9.09. The quantitative estimate of drug-likeness (QED) is 0.579. The molecule has 0 aromatic carbocycles. The van der Waals surface area contributed by atoms with E-state index >= 15 is 0 Å². The van der Waals surface area contributed by atoms with Gasteiger partial charge in [0.05, 0.1) is 6.61 Å². The second-order valence-electron chi connectivity index (χ2n) is 5.57. The van der Waals surface area contributed by atoms with Crippen molar-refractivity contribution in [3.8, 4) is 0 Å². The van der Waals surface area contributed by atoms with Crippen molar-refractivity contribution in [1.82, 2.24) is 5.32 Å². The fourth-order valence-corrected chi connectivity index (χ4v) is 2.50. The minimum atomic E-state index is -0.865. The number of carbonyl (C=O) groups excluding carboxylic acids is 1. The maximum absolute atomic E-state index is 11.8. The van der Waals surface area contributed by atoms with Gasteiger partial charge in [-0.15, -0.1) is 0 Å². The number of nitrogens with two attached hydrogens (primary N) is 1. The Balaban J connectivity index is 2.19. The Bertz CT molecular complexity index is 259. The third-order valence-electron chi connectivity index (χ3n) is 3.75. The number of hydrogen-bond donors (Lipinski definition) is 3. The molecule has 1 aliphatic rings. The molecule has 2 atom stereocenters. The highest BCUT2D eigenvalue weighted by molar-refractivity contribution is 5.75. The Hall–Kier alpha value is -0.650. The molecule has 112 valence electrons. The summed E-state index contributed by atoms with van der Waals surface area (Å²) in [4.78, 5) is 11.8. The third-order valence-corrected chi connectivity index (χ3v) is 3.75. The van der Waals surface area contributed by atoms with Crippen LogP contribution < -0.4 is 11.1 Å². The van der Waals surface area contributed by atoms with Crippen LogP contribution >= 0.6 is 0 Å². The minimum absolute atomic E-state index is 0.0125. The fourth-order valence-electron chi connectivity index (χ4n) is 2.50. The molecule has 2 unspecified atom stereocenters. The van der Waals surface area contributed by atoms with Crippen LogP contribution in [0.25, 0.3) is 0 Å². The largest absolute Gasteiger partial charge is 0.386 e. The predicted octanol–water partition coefficient (Wildman–Crippen LogP) is 0.799. The number of nitrogens with one attached hydrogen (secondary N) is 1. The van der Waals surface area contributed by atoms with Gasteiger partial charge in [0.25, 0.3) is 0 Å². The molecule has 1 rings (SSSR count). The SMILES string of the molecule is CCCC(CCN)CCC(=O)NCC1(O)CCOC1. The van der Waals surface area contributed by atoms with Gasteiger partial charge in [-0.1, -0.05) is 19.8 Å². The van der Waals surface area contributed by atoms with Crippen LogP contribution in [0, 0.1) is 5.92 Å². The van der Waals surface area contributed by atoms with E-state index in [1.807, 2.05) is 0 Å². The first-order valence-electron chi connectivity index (χ1n) is 7.36. The van der Waals surface area contributed by atoms with Crippen molar-refractivity contribution in [2.75, 3.05) is 26.3 Å². The molecule has 5 nitrogen and oxygen atoms in total. The van der Waals surface area contributed by atoms with E-state index in [1.54, 1.807) is 0 Å². The summed E-state index contributed by atoms with van der Waals surface area (Å²) in [6.45, 7) is 4.02. The molecule has 0 spiro atoms. The monoisotopic (exact) mass is 272 g/mol. The molecule has 5 heteroatoms. The summed E-state index contributed by atoms with van der Waals surface area (Å²) in [6, 6.07) is 0. The highest BCUT2D eigenvalue weighted by Gasteiger charge is 2.32. The minimum Gasteiger partial charge on any atom is -0.386 e. The van der Waals surface area contributed by atoms with Gasteiger partial charge in [-0.05, 0) is 25.3 Å². The highest BCUT2D eigenvalue weighted by Crippen LogP contribution is 2.18. The van der Waals surface area contributed by atoms with Crippen molar-refractivity contribution >= 4 is 5.91 Å². The molecule has 0 aromatic rings. The zero-order valence-corrected chi connectivity index (χ0v) is 12.0. The summed E-state index contributed by atoms with van der Waals surface area (Å²) < 4.78 is 5.14. The number of rotatable bonds is 9. The molecule has 4 N–H and O–H groups in total. The summed E-state index contributed by atoms with van der Waals surface area (Å²) in [5, 5.41) is 12.8. The fraction of sp³-hybridized carbons (Fsp3) is 0.929. The van der Waals surface area contributed by atoms with Crippen LogP contribution in [0.3, 0.4) is 0 Å². The highest BCUT2D eigenvalue weighted by atomic mass is 16.5. The standard InChI is InChI=1S/C14H28N2O3/c1-2-3-12(6-8-15)4-5-13(17)16-10-14(18)7-9-19-11-14/h12,18H,2-11,15H2,1H3,(H,16,17). The molecule has 0 saturated carbocycles. The van der Waals surface area contributed by atoms with E-state index < -0.39 is 5.60 Å². The molecule has 1 heterocycles. The van der Waals surface area contributed by atoms with Crippen molar-refractivity contribution in [2.45, 2.75) is 51.0 Å². The van der Waals surface area contributed by atoms with Crippen molar-refractivity contribution in [3.05, 3.63) is 0 Å². The molecule has 0 aliphatic carbocycles. The van der Waals surface area contributed by atoms with Crippen LogP contribution in [0.1, 0.15) is 45.4 Å². The van der Waals surface area contributed by atoms with Crippen molar-refractivity contribution in [1.29, 1.82) is 0 Å². The van der Waals surface area contributed by atoms with Crippen LogP contribution in [-0.2, 0) is 9.53 Å². The number of carbonyl (C=O) groups is 1. The van der Waals surface area contributed by atoms with Gasteiger partial charge >= 0.3 is 0 Å². The summed E-state index contributed by atoms with van der Waals surface area (Å²) in [5.74, 6) is 0.553. The topological polar surface area (TPSA) is 84.6 Å². The number of amides is 1. The van der Waals surface area contributed by atoms with Crippen LogP contribution in [0.4, 0.5) is 0 Å². The van der Waals surface area contributed by atoms with E-state index in [4.69, 9.17) is 10.5 Å². The molecular formula is C14H28N2O3.